The van der Waals surface area contributed by atoms with Gasteiger partial charge in [0.25, 0.3) is 10.0 Å². The molecule has 4 rings (SSSR count). The van der Waals surface area contributed by atoms with Gasteiger partial charge in [0.2, 0.25) is 0 Å². The van der Waals surface area contributed by atoms with Crippen molar-refractivity contribution in [2.24, 2.45) is 0 Å². The van der Waals surface area contributed by atoms with Crippen molar-refractivity contribution in [2.45, 2.75) is 4.90 Å². The van der Waals surface area contributed by atoms with Crippen molar-refractivity contribution in [3.63, 3.8) is 0 Å². The average molecular weight is 428 g/mol. The summed E-state index contributed by atoms with van der Waals surface area (Å²) in [6, 6.07) is 19.5. The Bertz CT molecular complexity index is 1150. The number of fused-ring (bicyclic) bond motifs is 1. The van der Waals surface area contributed by atoms with Crippen LogP contribution in [0.4, 0.5) is 5.69 Å². The molecule has 0 spiro atoms. The summed E-state index contributed by atoms with van der Waals surface area (Å²) in [6.07, 6.45) is 3.84. The molecule has 7 heteroatoms. The summed E-state index contributed by atoms with van der Waals surface area (Å²) in [5.41, 5.74) is 2.94. The topological polar surface area (TPSA) is 63.5 Å². The van der Waals surface area contributed by atoms with Crippen LogP contribution in [0, 0.1) is 0 Å². The van der Waals surface area contributed by atoms with Crippen LogP contribution in [0.15, 0.2) is 88.5 Å². The highest BCUT2D eigenvalue weighted by Crippen LogP contribution is 2.24. The monoisotopic (exact) mass is 427 g/mol. The molecule has 2 aromatic carbocycles. The molecule has 0 fully saturated rings. The van der Waals surface area contributed by atoms with E-state index in [4.69, 9.17) is 0 Å². The minimum absolute atomic E-state index is 0.207. The number of nitrogens with zero attached hydrogens (tertiary/aromatic N) is 2. The zero-order valence-electron chi connectivity index (χ0n) is 13.5. The molecule has 26 heavy (non-hydrogen) atoms. The highest BCUT2D eigenvalue weighted by atomic mass is 79.9. The highest BCUT2D eigenvalue weighted by Gasteiger charge is 2.14. The summed E-state index contributed by atoms with van der Waals surface area (Å²) in [7, 11) is -3.65. The van der Waals surface area contributed by atoms with E-state index in [0.29, 0.717) is 5.69 Å². The first-order valence-electron chi connectivity index (χ1n) is 7.84. The van der Waals surface area contributed by atoms with Gasteiger partial charge in [-0.2, -0.15) is 0 Å². The molecule has 0 saturated heterocycles. The molecule has 2 heterocycles. The van der Waals surface area contributed by atoms with E-state index in [1.807, 2.05) is 41.1 Å². The van der Waals surface area contributed by atoms with Crippen LogP contribution in [0.3, 0.4) is 0 Å². The maximum absolute atomic E-state index is 12.6. The molecule has 5 nitrogen and oxygen atoms in total. The second-order valence-electron chi connectivity index (χ2n) is 5.73. The molecule has 0 aliphatic carbocycles. The molecule has 130 valence electrons. The van der Waals surface area contributed by atoms with Crippen LogP contribution in [0.25, 0.3) is 16.9 Å². The number of aromatic nitrogens is 2. The van der Waals surface area contributed by atoms with E-state index >= 15 is 0 Å². The predicted octanol–water partition coefficient (Wildman–Crippen LogP) is 4.56. The number of nitrogens with one attached hydrogen (secondary N) is 1. The third kappa shape index (κ3) is 3.36. The van der Waals surface area contributed by atoms with Gasteiger partial charge in [0.15, 0.2) is 0 Å². The average Bonchev–Trinajstić information content (AvgIpc) is 3.06. The van der Waals surface area contributed by atoms with E-state index in [1.165, 1.54) is 0 Å². The lowest BCUT2D eigenvalue weighted by Crippen LogP contribution is -2.12. The van der Waals surface area contributed by atoms with Crippen LogP contribution in [0.2, 0.25) is 0 Å². The molecule has 4 aromatic rings. The number of halogens is 1. The van der Waals surface area contributed by atoms with Gasteiger partial charge in [-0.1, -0.05) is 34.1 Å². The summed E-state index contributed by atoms with van der Waals surface area (Å²) < 4.78 is 30.5. The number of sulfonamides is 1. The van der Waals surface area contributed by atoms with Gasteiger partial charge in [-0.3, -0.25) is 4.72 Å². The minimum Gasteiger partial charge on any atom is -0.306 e. The maximum atomic E-state index is 12.6. The van der Waals surface area contributed by atoms with Crippen LogP contribution in [-0.2, 0) is 10.0 Å². The van der Waals surface area contributed by atoms with Crippen LogP contribution >= 0.6 is 15.9 Å². The molecule has 0 aliphatic rings. The molecule has 0 radical (unpaired) electrons. The number of anilines is 1. The third-order valence-corrected chi connectivity index (χ3v) is 5.82. The predicted molar refractivity (Wildman–Crippen MR) is 106 cm³/mol. The number of rotatable bonds is 4. The van der Waals surface area contributed by atoms with Crippen molar-refractivity contribution in [2.75, 3.05) is 4.72 Å². The van der Waals surface area contributed by atoms with E-state index in [2.05, 4.69) is 25.6 Å². The molecule has 0 saturated carbocycles. The van der Waals surface area contributed by atoms with E-state index < -0.39 is 10.0 Å². The smallest absolute Gasteiger partial charge is 0.261 e. The van der Waals surface area contributed by atoms with Crippen molar-refractivity contribution in [1.82, 2.24) is 9.38 Å². The summed E-state index contributed by atoms with van der Waals surface area (Å²) in [6.45, 7) is 0. The molecule has 0 amide bonds. The SMILES string of the molecule is O=S(=O)(Nc1cccc(-c2cn3ccccc3n2)c1)c1ccc(Br)cc1. The Morgan fingerprint density at radius 3 is 2.54 bits per heavy atom. The van der Waals surface area contributed by atoms with Gasteiger partial charge in [0.1, 0.15) is 5.65 Å². The van der Waals surface area contributed by atoms with Crippen molar-refractivity contribution in [3.05, 3.63) is 83.6 Å². The van der Waals surface area contributed by atoms with Crippen LogP contribution in [0.5, 0.6) is 0 Å². The van der Waals surface area contributed by atoms with Gasteiger partial charge in [-0.25, -0.2) is 13.4 Å². The van der Waals surface area contributed by atoms with Gasteiger partial charge < -0.3 is 4.40 Å². The first kappa shape index (κ1) is 16.8. The standard InChI is InChI=1S/C19H14BrN3O2S/c20-15-7-9-17(10-8-15)26(24,25)22-16-5-3-4-14(12-16)18-13-23-11-2-1-6-19(23)21-18/h1-13,22H. The Labute approximate surface area is 159 Å². The number of pyridine rings is 1. The lowest BCUT2D eigenvalue weighted by Gasteiger charge is -2.09. The largest absolute Gasteiger partial charge is 0.306 e. The number of hydrogen-bond donors (Lipinski definition) is 1. The molecular formula is C19H14BrN3O2S. The molecular weight excluding hydrogens is 414 g/mol. The van der Waals surface area contributed by atoms with Crippen molar-refractivity contribution >= 4 is 37.3 Å². The number of imidazole rings is 1. The Kier molecular flexibility index (Phi) is 4.26. The van der Waals surface area contributed by atoms with Crippen LogP contribution < -0.4 is 4.72 Å². The Morgan fingerprint density at radius 1 is 0.962 bits per heavy atom. The third-order valence-electron chi connectivity index (χ3n) is 3.90. The highest BCUT2D eigenvalue weighted by molar-refractivity contribution is 9.10. The van der Waals surface area contributed by atoms with Gasteiger partial charge in [0.05, 0.1) is 10.6 Å². The molecule has 1 N–H and O–H groups in total. The zero-order valence-corrected chi connectivity index (χ0v) is 15.9. The lowest BCUT2D eigenvalue weighted by molar-refractivity contribution is 0.601. The summed E-state index contributed by atoms with van der Waals surface area (Å²) in [5.74, 6) is 0. The van der Waals surface area contributed by atoms with Gasteiger partial charge >= 0.3 is 0 Å². The number of hydrogen-bond acceptors (Lipinski definition) is 3. The quantitative estimate of drug-likeness (QED) is 0.518. The normalized spacial score (nSPS) is 11.6. The van der Waals surface area contributed by atoms with Crippen LogP contribution in [-0.4, -0.2) is 17.8 Å². The summed E-state index contributed by atoms with van der Waals surface area (Å²) in [4.78, 5) is 4.78. The lowest BCUT2D eigenvalue weighted by atomic mass is 10.1. The molecule has 0 unspecified atom stereocenters. The second-order valence-corrected chi connectivity index (χ2v) is 8.33. The molecule has 2 aromatic heterocycles. The Hall–Kier alpha value is -2.64. The summed E-state index contributed by atoms with van der Waals surface area (Å²) >= 11 is 3.30. The fraction of sp³-hybridized carbons (Fsp3) is 0. The first-order valence-corrected chi connectivity index (χ1v) is 10.1. The first-order chi connectivity index (χ1) is 12.5. The van der Waals surface area contributed by atoms with Gasteiger partial charge in [0, 0.05) is 28.1 Å². The van der Waals surface area contributed by atoms with Crippen molar-refractivity contribution < 1.29 is 8.42 Å². The molecule has 0 bridgehead atoms. The molecule has 0 aliphatic heterocycles. The van der Waals surface area contributed by atoms with E-state index in [9.17, 15) is 8.42 Å². The fourth-order valence-corrected chi connectivity index (χ4v) is 3.96. The van der Waals surface area contributed by atoms with Gasteiger partial charge in [-0.05, 0) is 48.5 Å². The van der Waals surface area contributed by atoms with E-state index in [1.54, 1.807) is 42.5 Å². The van der Waals surface area contributed by atoms with Crippen LogP contribution in [0.1, 0.15) is 0 Å². The Balaban J connectivity index is 1.66. The van der Waals surface area contributed by atoms with Crippen molar-refractivity contribution in [3.8, 4) is 11.3 Å². The minimum atomic E-state index is -3.65. The summed E-state index contributed by atoms with van der Waals surface area (Å²) in [5, 5.41) is 0. The van der Waals surface area contributed by atoms with E-state index in [-0.39, 0.29) is 4.90 Å². The Morgan fingerprint density at radius 2 is 1.77 bits per heavy atom. The fourth-order valence-electron chi connectivity index (χ4n) is 2.64. The second kappa shape index (κ2) is 6.59. The van der Waals surface area contributed by atoms with Gasteiger partial charge in [-0.15, -0.1) is 0 Å². The molecule has 0 atom stereocenters. The zero-order chi connectivity index (χ0) is 18.1. The van der Waals surface area contributed by atoms with E-state index in [0.717, 1.165) is 21.4 Å². The number of benzene rings is 2. The maximum Gasteiger partial charge on any atom is 0.261 e. The van der Waals surface area contributed by atoms with Crippen molar-refractivity contribution in [1.29, 1.82) is 0 Å².